The highest BCUT2D eigenvalue weighted by atomic mass is 32.1. The van der Waals surface area contributed by atoms with Gasteiger partial charge in [0.1, 0.15) is 10.6 Å². The summed E-state index contributed by atoms with van der Waals surface area (Å²) in [5.74, 6) is 0.238. The van der Waals surface area contributed by atoms with Crippen LogP contribution >= 0.6 is 11.3 Å². The van der Waals surface area contributed by atoms with Gasteiger partial charge in [-0.2, -0.15) is 0 Å². The smallest absolute Gasteiger partial charge is 0.410 e. The van der Waals surface area contributed by atoms with Crippen molar-refractivity contribution >= 4 is 17.4 Å². The molecule has 1 fully saturated rings. The number of hydrogen-bond donors (Lipinski definition) is 0. The number of carbonyl (C=O) groups excluding carboxylic acids is 1. The van der Waals surface area contributed by atoms with Crippen molar-refractivity contribution in [3.05, 3.63) is 35.0 Å². The maximum absolute atomic E-state index is 12.4. The number of aromatic nitrogens is 2. The van der Waals surface area contributed by atoms with Gasteiger partial charge in [-0.1, -0.05) is 6.07 Å². The van der Waals surface area contributed by atoms with Crippen LogP contribution in [-0.4, -0.2) is 39.7 Å². The molecule has 0 aromatic carbocycles. The highest BCUT2D eigenvalue weighted by Gasteiger charge is 2.29. The molecule has 1 aliphatic rings. The molecule has 3 heterocycles. The van der Waals surface area contributed by atoms with Crippen molar-refractivity contribution in [2.75, 3.05) is 13.1 Å². The van der Waals surface area contributed by atoms with Gasteiger partial charge in [-0.15, -0.1) is 11.3 Å². The Morgan fingerprint density at radius 2 is 2.12 bits per heavy atom. The number of hydrogen-bond acceptors (Lipinski definition) is 5. The van der Waals surface area contributed by atoms with E-state index in [2.05, 4.69) is 4.98 Å². The Kier molecular flexibility index (Phi) is 5.08. The highest BCUT2D eigenvalue weighted by Crippen LogP contribution is 2.29. The van der Waals surface area contributed by atoms with E-state index >= 15 is 0 Å². The third-order valence-electron chi connectivity index (χ3n) is 4.10. The largest absolute Gasteiger partial charge is 0.444 e. The normalized spacial score (nSPS) is 18.2. The second-order valence-corrected chi connectivity index (χ2v) is 8.37. The second-order valence-electron chi connectivity index (χ2n) is 7.51. The summed E-state index contributed by atoms with van der Waals surface area (Å²) in [6.07, 6.45) is 1.77. The van der Waals surface area contributed by atoms with Gasteiger partial charge in [0.25, 0.3) is 0 Å². The molecule has 0 radical (unpaired) electrons. The van der Waals surface area contributed by atoms with Crippen molar-refractivity contribution in [2.24, 2.45) is 0 Å². The summed E-state index contributed by atoms with van der Waals surface area (Å²) in [6.45, 7) is 9.08. The number of aryl methyl sites for hydroxylation is 1. The first-order valence-corrected chi connectivity index (χ1v) is 9.57. The fraction of sp³-hybridized carbons (Fsp3) is 0.526. The summed E-state index contributed by atoms with van der Waals surface area (Å²) in [4.78, 5) is 23.5. The number of carbonyl (C=O) groups is 1. The van der Waals surface area contributed by atoms with Gasteiger partial charge in [0, 0.05) is 35.8 Å². The monoisotopic (exact) mass is 359 g/mol. The van der Waals surface area contributed by atoms with Crippen LogP contribution in [0.1, 0.15) is 50.9 Å². The van der Waals surface area contributed by atoms with Crippen LogP contribution in [0, 0.1) is 6.92 Å². The number of ether oxygens (including phenoxy) is 1. The molecule has 3 rings (SSSR count). The lowest BCUT2D eigenvalue weighted by molar-refractivity contribution is 0.0197. The van der Waals surface area contributed by atoms with E-state index in [-0.39, 0.29) is 12.0 Å². The zero-order valence-electron chi connectivity index (χ0n) is 15.3. The van der Waals surface area contributed by atoms with Crippen LogP contribution in [0.2, 0.25) is 0 Å². The molecule has 0 saturated carbocycles. The van der Waals surface area contributed by atoms with Gasteiger partial charge in [0.2, 0.25) is 0 Å². The molecule has 0 spiro atoms. The molecular weight excluding hydrogens is 334 g/mol. The van der Waals surface area contributed by atoms with E-state index in [0.29, 0.717) is 6.54 Å². The van der Waals surface area contributed by atoms with Gasteiger partial charge in [0.15, 0.2) is 0 Å². The number of likely N-dealkylation sites (tertiary alicyclic amines) is 1. The van der Waals surface area contributed by atoms with E-state index in [9.17, 15) is 4.79 Å². The number of piperidine rings is 1. The summed E-state index contributed by atoms with van der Waals surface area (Å²) in [7, 11) is 0. The SMILES string of the molecule is Cc1csc(-c2cccc([C@@H]3CCCN(C(=O)OC(C)(C)C)C3)n2)n1. The summed E-state index contributed by atoms with van der Waals surface area (Å²) < 4.78 is 5.52. The predicted octanol–water partition coefficient (Wildman–Crippen LogP) is 4.63. The Balaban J connectivity index is 1.74. The first-order valence-electron chi connectivity index (χ1n) is 8.69. The molecule has 0 N–H and O–H groups in total. The number of nitrogens with zero attached hydrogens (tertiary/aromatic N) is 3. The molecule has 0 aliphatic carbocycles. The minimum Gasteiger partial charge on any atom is -0.444 e. The first kappa shape index (κ1) is 17.9. The van der Waals surface area contributed by atoms with E-state index < -0.39 is 5.60 Å². The fourth-order valence-corrected chi connectivity index (χ4v) is 3.75. The summed E-state index contributed by atoms with van der Waals surface area (Å²) >= 11 is 1.61. The fourth-order valence-electron chi connectivity index (χ4n) is 2.98. The van der Waals surface area contributed by atoms with Crippen LogP contribution in [0.3, 0.4) is 0 Å². The molecule has 0 unspecified atom stereocenters. The molecule has 1 aliphatic heterocycles. The van der Waals surface area contributed by atoms with Crippen LogP contribution in [0.5, 0.6) is 0 Å². The van der Waals surface area contributed by atoms with Crippen LogP contribution < -0.4 is 0 Å². The van der Waals surface area contributed by atoms with Gasteiger partial charge in [-0.3, -0.25) is 0 Å². The van der Waals surface area contributed by atoms with Crippen LogP contribution in [0.25, 0.3) is 10.7 Å². The number of amides is 1. The minimum absolute atomic E-state index is 0.232. The maximum atomic E-state index is 12.4. The van der Waals surface area contributed by atoms with Crippen molar-refractivity contribution < 1.29 is 9.53 Å². The second kappa shape index (κ2) is 7.12. The molecule has 6 heteroatoms. The standard InChI is InChI=1S/C19H25N3O2S/c1-13-12-25-17(20-13)16-9-5-8-15(21-16)14-7-6-10-22(11-14)18(23)24-19(2,3)4/h5,8-9,12,14H,6-7,10-11H2,1-4H3/t14-/m1/s1. The third-order valence-corrected chi connectivity index (χ3v) is 5.08. The quantitative estimate of drug-likeness (QED) is 0.784. The van der Waals surface area contributed by atoms with E-state index in [1.165, 1.54) is 0 Å². The van der Waals surface area contributed by atoms with Crippen molar-refractivity contribution in [3.8, 4) is 10.7 Å². The molecule has 1 amide bonds. The lowest BCUT2D eigenvalue weighted by Gasteiger charge is -2.34. The molecular formula is C19H25N3O2S. The van der Waals surface area contributed by atoms with Gasteiger partial charge >= 0.3 is 6.09 Å². The summed E-state index contributed by atoms with van der Waals surface area (Å²) in [5.41, 5.74) is 2.48. The van der Waals surface area contributed by atoms with Crippen molar-refractivity contribution in [3.63, 3.8) is 0 Å². The Labute approximate surface area is 153 Å². The zero-order chi connectivity index (χ0) is 18.0. The number of pyridine rings is 1. The molecule has 2 aromatic rings. The predicted molar refractivity (Wildman–Crippen MR) is 99.9 cm³/mol. The van der Waals surface area contributed by atoms with Gasteiger partial charge in [-0.25, -0.2) is 14.8 Å². The van der Waals surface area contributed by atoms with Crippen molar-refractivity contribution in [1.29, 1.82) is 0 Å². The third kappa shape index (κ3) is 4.57. The van der Waals surface area contributed by atoms with Crippen molar-refractivity contribution in [2.45, 2.75) is 52.1 Å². The maximum Gasteiger partial charge on any atom is 0.410 e. The lowest BCUT2D eigenvalue weighted by atomic mass is 9.94. The Hall–Kier alpha value is -1.95. The minimum atomic E-state index is -0.467. The zero-order valence-corrected chi connectivity index (χ0v) is 16.1. The van der Waals surface area contributed by atoms with Crippen LogP contribution in [0.4, 0.5) is 4.79 Å². The Morgan fingerprint density at radius 1 is 1.32 bits per heavy atom. The molecule has 25 heavy (non-hydrogen) atoms. The van der Waals surface area contributed by atoms with E-state index in [4.69, 9.17) is 9.72 Å². The summed E-state index contributed by atoms with van der Waals surface area (Å²) in [5, 5.41) is 2.98. The average Bonchev–Trinajstić information content (AvgIpc) is 3.00. The molecule has 0 bridgehead atoms. The number of rotatable bonds is 2. The van der Waals surface area contributed by atoms with E-state index in [0.717, 1.165) is 41.5 Å². The molecule has 5 nitrogen and oxygen atoms in total. The van der Waals surface area contributed by atoms with Crippen LogP contribution in [0.15, 0.2) is 23.6 Å². The molecule has 2 aromatic heterocycles. The average molecular weight is 359 g/mol. The lowest BCUT2D eigenvalue weighted by Crippen LogP contribution is -2.42. The van der Waals surface area contributed by atoms with E-state index in [1.807, 2.05) is 51.3 Å². The molecule has 1 saturated heterocycles. The van der Waals surface area contributed by atoms with Gasteiger partial charge in [0.05, 0.1) is 5.69 Å². The first-order chi connectivity index (χ1) is 11.8. The van der Waals surface area contributed by atoms with Gasteiger partial charge in [-0.05, 0) is 52.7 Å². The van der Waals surface area contributed by atoms with E-state index in [1.54, 1.807) is 16.2 Å². The van der Waals surface area contributed by atoms with Crippen LogP contribution in [-0.2, 0) is 4.74 Å². The number of thiazole rings is 1. The van der Waals surface area contributed by atoms with Gasteiger partial charge < -0.3 is 9.64 Å². The molecule has 1 atom stereocenters. The Morgan fingerprint density at radius 3 is 2.80 bits per heavy atom. The molecule has 134 valence electrons. The summed E-state index contributed by atoms with van der Waals surface area (Å²) in [6, 6.07) is 6.07. The van der Waals surface area contributed by atoms with Crippen molar-refractivity contribution in [1.82, 2.24) is 14.9 Å². The Bertz CT molecular complexity index is 751. The topological polar surface area (TPSA) is 55.3 Å². The highest BCUT2D eigenvalue weighted by molar-refractivity contribution is 7.13.